The molecule has 2 aliphatic rings. The van der Waals surface area contributed by atoms with Gasteiger partial charge in [0.1, 0.15) is 6.04 Å². The number of piperidine rings is 1. The smallest absolute Gasteiger partial charge is 0.241 e. The molecule has 0 aromatic carbocycles. The van der Waals surface area contributed by atoms with Crippen molar-refractivity contribution in [2.24, 2.45) is 0 Å². The van der Waals surface area contributed by atoms with E-state index in [1.165, 1.54) is 0 Å². The van der Waals surface area contributed by atoms with Crippen LogP contribution in [0, 0.1) is 0 Å². The van der Waals surface area contributed by atoms with Gasteiger partial charge in [-0.1, -0.05) is 13.3 Å². The number of aromatic nitrogens is 2. The first kappa shape index (κ1) is 17.1. The number of hydrazine groups is 1. The lowest BCUT2D eigenvalue weighted by molar-refractivity contribution is -0.134. The lowest BCUT2D eigenvalue weighted by Gasteiger charge is -2.37. The summed E-state index contributed by atoms with van der Waals surface area (Å²) in [4.78, 5) is 16.9. The summed E-state index contributed by atoms with van der Waals surface area (Å²) in [5.74, 6) is 1.13. The summed E-state index contributed by atoms with van der Waals surface area (Å²) >= 11 is 0. The van der Waals surface area contributed by atoms with Gasteiger partial charge in [0.2, 0.25) is 5.91 Å². The van der Waals surface area contributed by atoms with Gasteiger partial charge in [0, 0.05) is 38.4 Å². The Labute approximate surface area is 143 Å². The molecule has 2 aliphatic heterocycles. The fourth-order valence-corrected chi connectivity index (χ4v) is 3.68. The molecule has 2 unspecified atom stereocenters. The monoisotopic (exact) mass is 332 g/mol. The van der Waals surface area contributed by atoms with Crippen molar-refractivity contribution in [1.29, 1.82) is 0 Å². The summed E-state index contributed by atoms with van der Waals surface area (Å²) in [7, 11) is 2.06. The maximum atomic E-state index is 12.7. The van der Waals surface area contributed by atoms with E-state index in [4.69, 9.17) is 0 Å². The molecule has 1 aromatic rings. The molecule has 0 aliphatic carbocycles. The van der Waals surface area contributed by atoms with Gasteiger partial charge < -0.3 is 9.80 Å². The Morgan fingerprint density at radius 3 is 2.83 bits per heavy atom. The van der Waals surface area contributed by atoms with Crippen LogP contribution in [0.5, 0.6) is 0 Å². The number of carbonyl (C=O) groups excluding carboxylic acids is 1. The molecule has 0 radical (unpaired) electrons. The van der Waals surface area contributed by atoms with Crippen LogP contribution in [0.25, 0.3) is 0 Å². The number of rotatable bonds is 5. The largest absolute Gasteiger partial charge is 0.355 e. The van der Waals surface area contributed by atoms with Crippen LogP contribution in [0.1, 0.15) is 39.0 Å². The summed E-state index contributed by atoms with van der Waals surface area (Å²) in [5.41, 5.74) is 6.43. The van der Waals surface area contributed by atoms with Gasteiger partial charge in [0.25, 0.3) is 0 Å². The molecule has 7 nitrogen and oxygen atoms in total. The number of nitrogens with zero attached hydrogens (tertiary/aromatic N) is 4. The van der Waals surface area contributed by atoms with Crippen LogP contribution < -0.4 is 15.8 Å². The van der Waals surface area contributed by atoms with Crippen LogP contribution in [0.4, 0.5) is 5.82 Å². The number of hydrogen-bond acceptors (Lipinski definition) is 6. The second-order valence-corrected chi connectivity index (χ2v) is 6.81. The Balaban J connectivity index is 1.49. The minimum atomic E-state index is -0.0733. The van der Waals surface area contributed by atoms with E-state index in [0.717, 1.165) is 51.0 Å². The number of anilines is 1. The zero-order valence-corrected chi connectivity index (χ0v) is 14.6. The molecule has 7 heteroatoms. The molecule has 24 heavy (non-hydrogen) atoms. The molecule has 2 fully saturated rings. The third kappa shape index (κ3) is 3.84. The molecule has 2 N–H and O–H groups in total. The summed E-state index contributed by atoms with van der Waals surface area (Å²) in [6.45, 7) is 3.80. The third-order valence-corrected chi connectivity index (χ3v) is 5.16. The first-order chi connectivity index (χ1) is 11.7. The summed E-state index contributed by atoms with van der Waals surface area (Å²) in [5, 5.41) is 8.12. The van der Waals surface area contributed by atoms with Crippen LogP contribution in [0.15, 0.2) is 18.3 Å². The lowest BCUT2D eigenvalue weighted by Crippen LogP contribution is -2.51. The fourth-order valence-electron chi connectivity index (χ4n) is 3.68. The molecule has 2 saturated heterocycles. The van der Waals surface area contributed by atoms with Crippen molar-refractivity contribution >= 4 is 11.7 Å². The van der Waals surface area contributed by atoms with Gasteiger partial charge in [-0.05, 0) is 37.8 Å². The Kier molecular flexibility index (Phi) is 5.63. The van der Waals surface area contributed by atoms with Gasteiger partial charge in [-0.3, -0.25) is 10.2 Å². The second kappa shape index (κ2) is 7.90. The van der Waals surface area contributed by atoms with E-state index in [1.54, 1.807) is 6.20 Å². The van der Waals surface area contributed by atoms with E-state index < -0.39 is 0 Å². The zero-order chi connectivity index (χ0) is 16.9. The van der Waals surface area contributed by atoms with Gasteiger partial charge in [-0.15, -0.1) is 5.10 Å². The van der Waals surface area contributed by atoms with E-state index in [-0.39, 0.29) is 11.9 Å². The van der Waals surface area contributed by atoms with E-state index >= 15 is 0 Å². The lowest BCUT2D eigenvalue weighted by atomic mass is 10.0. The Bertz CT molecular complexity index is 531. The molecule has 2 atom stereocenters. The summed E-state index contributed by atoms with van der Waals surface area (Å²) in [6.07, 6.45) is 6.77. The summed E-state index contributed by atoms with van der Waals surface area (Å²) in [6, 6.07) is 4.64. The van der Waals surface area contributed by atoms with Crippen LogP contribution in [-0.4, -0.2) is 59.3 Å². The average molecular weight is 332 g/mol. The van der Waals surface area contributed by atoms with Crippen molar-refractivity contribution in [3.8, 4) is 0 Å². The molecule has 0 saturated carbocycles. The van der Waals surface area contributed by atoms with Crippen LogP contribution >= 0.6 is 0 Å². The van der Waals surface area contributed by atoms with E-state index in [1.807, 2.05) is 17.0 Å². The number of carbonyl (C=O) groups is 1. The van der Waals surface area contributed by atoms with Gasteiger partial charge in [0.15, 0.2) is 5.82 Å². The molecule has 3 heterocycles. The van der Waals surface area contributed by atoms with Crippen molar-refractivity contribution in [2.45, 2.75) is 57.2 Å². The highest BCUT2D eigenvalue weighted by atomic mass is 16.2. The molecule has 0 spiro atoms. The van der Waals surface area contributed by atoms with Crippen LogP contribution in [-0.2, 0) is 4.79 Å². The van der Waals surface area contributed by atoms with Crippen molar-refractivity contribution in [2.75, 3.05) is 25.0 Å². The number of nitrogens with one attached hydrogen (secondary N) is 2. The Morgan fingerprint density at radius 2 is 2.17 bits per heavy atom. The van der Waals surface area contributed by atoms with Crippen molar-refractivity contribution in [3.63, 3.8) is 0 Å². The van der Waals surface area contributed by atoms with Crippen LogP contribution in [0.2, 0.25) is 0 Å². The molecule has 1 amide bonds. The Hall–Kier alpha value is -1.73. The second-order valence-electron chi connectivity index (χ2n) is 6.81. The summed E-state index contributed by atoms with van der Waals surface area (Å²) < 4.78 is 0. The average Bonchev–Trinajstić information content (AvgIpc) is 3.10. The highest BCUT2D eigenvalue weighted by Crippen LogP contribution is 2.21. The number of amides is 1. The normalized spacial score (nSPS) is 25.0. The molecule has 3 rings (SSSR count). The van der Waals surface area contributed by atoms with E-state index in [2.05, 4.69) is 39.9 Å². The molecular weight excluding hydrogens is 304 g/mol. The van der Waals surface area contributed by atoms with Crippen LogP contribution in [0.3, 0.4) is 0 Å². The highest BCUT2D eigenvalue weighted by Gasteiger charge is 2.34. The predicted molar refractivity (Wildman–Crippen MR) is 93.4 cm³/mol. The van der Waals surface area contributed by atoms with Gasteiger partial charge >= 0.3 is 0 Å². The Morgan fingerprint density at radius 1 is 1.38 bits per heavy atom. The SMILES string of the molecule is CCCC1CC(C(=O)N2CCC(N(C)c3cccnn3)CC2)NN1. The number of likely N-dealkylation sites (tertiary alicyclic amines) is 1. The molecule has 0 bridgehead atoms. The standard InChI is InChI=1S/C17H28N6O/c1-3-5-13-12-15(20-19-13)17(24)23-10-7-14(8-11-23)22(2)16-6-4-9-18-21-16/h4,6,9,13-15,19-20H,3,5,7-8,10-12H2,1-2H3. The van der Waals surface area contributed by atoms with Gasteiger partial charge in [-0.25, -0.2) is 5.43 Å². The maximum absolute atomic E-state index is 12.7. The van der Waals surface area contributed by atoms with E-state index in [0.29, 0.717) is 12.1 Å². The van der Waals surface area contributed by atoms with Gasteiger partial charge in [-0.2, -0.15) is 5.10 Å². The minimum Gasteiger partial charge on any atom is -0.355 e. The highest BCUT2D eigenvalue weighted by molar-refractivity contribution is 5.82. The number of hydrogen-bond donors (Lipinski definition) is 2. The van der Waals surface area contributed by atoms with Crippen molar-refractivity contribution in [3.05, 3.63) is 18.3 Å². The molecule has 132 valence electrons. The topological polar surface area (TPSA) is 73.4 Å². The maximum Gasteiger partial charge on any atom is 0.241 e. The molecule has 1 aromatic heterocycles. The quantitative estimate of drug-likeness (QED) is 0.836. The first-order valence-corrected chi connectivity index (χ1v) is 8.99. The van der Waals surface area contributed by atoms with Crippen molar-refractivity contribution < 1.29 is 4.79 Å². The van der Waals surface area contributed by atoms with E-state index in [9.17, 15) is 4.79 Å². The first-order valence-electron chi connectivity index (χ1n) is 8.99. The fraction of sp³-hybridized carbons (Fsp3) is 0.706. The predicted octanol–water partition coefficient (Wildman–Crippen LogP) is 0.939. The minimum absolute atomic E-state index is 0.0733. The third-order valence-electron chi connectivity index (χ3n) is 5.16. The van der Waals surface area contributed by atoms with Crippen molar-refractivity contribution in [1.82, 2.24) is 25.9 Å². The zero-order valence-electron chi connectivity index (χ0n) is 14.6. The molecular formula is C17H28N6O. The van der Waals surface area contributed by atoms with Gasteiger partial charge in [0.05, 0.1) is 0 Å².